The van der Waals surface area contributed by atoms with Crippen LogP contribution in [-0.2, 0) is 0 Å². The molecule has 0 fully saturated rings. The van der Waals surface area contributed by atoms with Crippen LogP contribution in [0.3, 0.4) is 0 Å². The first-order valence-corrected chi connectivity index (χ1v) is 7.45. The van der Waals surface area contributed by atoms with Crippen molar-refractivity contribution in [2.24, 2.45) is 0 Å². The molecule has 2 nitrogen and oxygen atoms in total. The Morgan fingerprint density at radius 1 is 1.05 bits per heavy atom. The van der Waals surface area contributed by atoms with Crippen LogP contribution in [0.4, 0.5) is 5.69 Å². The Kier molecular flexibility index (Phi) is 4.07. The third-order valence-corrected chi connectivity index (χ3v) is 3.99. The van der Waals surface area contributed by atoms with Crippen molar-refractivity contribution in [3.8, 4) is 0 Å². The number of anilines is 1. The number of fused-ring (bicyclic) bond motifs is 1. The summed E-state index contributed by atoms with van der Waals surface area (Å²) in [4.78, 5) is 4.35. The number of rotatable bonds is 4. The van der Waals surface area contributed by atoms with Gasteiger partial charge in [0.1, 0.15) is 0 Å². The van der Waals surface area contributed by atoms with Gasteiger partial charge in [-0.2, -0.15) is 0 Å². The van der Waals surface area contributed by atoms with Crippen LogP contribution in [0.25, 0.3) is 10.9 Å². The molecule has 1 aromatic heterocycles. The lowest BCUT2D eigenvalue weighted by atomic mass is 10.0. The first-order valence-electron chi connectivity index (χ1n) is 7.08. The summed E-state index contributed by atoms with van der Waals surface area (Å²) >= 11 is 6.20. The molecule has 1 heterocycles. The molecule has 3 rings (SSSR count). The van der Waals surface area contributed by atoms with Gasteiger partial charge in [-0.05, 0) is 35.7 Å². The molecular formula is C18H17ClN2. The molecule has 106 valence electrons. The molecule has 0 saturated heterocycles. The van der Waals surface area contributed by atoms with E-state index in [-0.39, 0.29) is 0 Å². The van der Waals surface area contributed by atoms with E-state index in [4.69, 9.17) is 11.6 Å². The van der Waals surface area contributed by atoms with Crippen molar-refractivity contribution in [3.63, 3.8) is 0 Å². The fourth-order valence-electron chi connectivity index (χ4n) is 2.45. The fraction of sp³-hybridized carbons (Fsp3) is 0.167. The summed E-state index contributed by atoms with van der Waals surface area (Å²) in [5, 5.41) is 5.26. The Morgan fingerprint density at radius 3 is 2.67 bits per heavy atom. The van der Waals surface area contributed by atoms with Crippen LogP contribution in [0.15, 0.2) is 60.8 Å². The highest BCUT2D eigenvalue weighted by molar-refractivity contribution is 6.35. The number of aromatic nitrogens is 1. The SMILES string of the molecule is CC(CNc1ccc(Cl)c2ncccc12)c1ccccc1. The van der Waals surface area contributed by atoms with Crippen LogP contribution in [0, 0.1) is 0 Å². The van der Waals surface area contributed by atoms with E-state index in [0.717, 1.165) is 23.1 Å². The van der Waals surface area contributed by atoms with Gasteiger partial charge in [-0.1, -0.05) is 48.9 Å². The van der Waals surface area contributed by atoms with Crippen molar-refractivity contribution < 1.29 is 0 Å². The van der Waals surface area contributed by atoms with Gasteiger partial charge in [-0.3, -0.25) is 4.98 Å². The summed E-state index contributed by atoms with van der Waals surface area (Å²) in [7, 11) is 0. The normalized spacial score (nSPS) is 12.3. The highest BCUT2D eigenvalue weighted by Crippen LogP contribution is 2.28. The minimum Gasteiger partial charge on any atom is -0.384 e. The number of pyridine rings is 1. The Hall–Kier alpha value is -2.06. The number of halogens is 1. The van der Waals surface area contributed by atoms with E-state index >= 15 is 0 Å². The molecule has 3 heteroatoms. The second-order valence-corrected chi connectivity index (χ2v) is 5.59. The van der Waals surface area contributed by atoms with Crippen LogP contribution < -0.4 is 5.32 Å². The maximum Gasteiger partial charge on any atom is 0.0908 e. The zero-order valence-electron chi connectivity index (χ0n) is 11.9. The Labute approximate surface area is 129 Å². The maximum absolute atomic E-state index is 6.20. The van der Waals surface area contributed by atoms with E-state index in [0.29, 0.717) is 10.9 Å². The number of hydrogen-bond donors (Lipinski definition) is 1. The lowest BCUT2D eigenvalue weighted by molar-refractivity contribution is 0.805. The molecule has 0 spiro atoms. The van der Waals surface area contributed by atoms with E-state index in [1.807, 2.05) is 30.3 Å². The molecule has 2 aromatic carbocycles. The van der Waals surface area contributed by atoms with Crippen LogP contribution in [0.1, 0.15) is 18.4 Å². The van der Waals surface area contributed by atoms with Crippen LogP contribution in [0.5, 0.6) is 0 Å². The Bertz CT molecular complexity index is 741. The number of hydrogen-bond acceptors (Lipinski definition) is 2. The predicted molar refractivity (Wildman–Crippen MR) is 90.1 cm³/mol. The first kappa shape index (κ1) is 13.9. The molecule has 1 N–H and O–H groups in total. The smallest absolute Gasteiger partial charge is 0.0908 e. The molecule has 21 heavy (non-hydrogen) atoms. The molecule has 1 atom stereocenters. The quantitative estimate of drug-likeness (QED) is 0.724. The van der Waals surface area contributed by atoms with Crippen LogP contribution in [-0.4, -0.2) is 11.5 Å². The van der Waals surface area contributed by atoms with E-state index in [1.165, 1.54) is 5.56 Å². The highest BCUT2D eigenvalue weighted by Gasteiger charge is 2.08. The van der Waals surface area contributed by atoms with Crippen LogP contribution >= 0.6 is 11.6 Å². The average Bonchev–Trinajstić information content (AvgIpc) is 2.55. The lowest BCUT2D eigenvalue weighted by Crippen LogP contribution is -2.10. The lowest BCUT2D eigenvalue weighted by Gasteiger charge is -2.15. The largest absolute Gasteiger partial charge is 0.384 e. The van der Waals surface area contributed by atoms with Gasteiger partial charge in [0, 0.05) is 23.8 Å². The number of nitrogens with one attached hydrogen (secondary N) is 1. The molecule has 0 saturated carbocycles. The Morgan fingerprint density at radius 2 is 1.86 bits per heavy atom. The standard InChI is InChI=1S/C18H17ClN2/c1-13(14-6-3-2-4-7-14)12-21-17-10-9-16(19)18-15(17)8-5-11-20-18/h2-11,13,21H,12H2,1H3. The monoisotopic (exact) mass is 296 g/mol. The summed E-state index contributed by atoms with van der Waals surface area (Å²) in [6, 6.07) is 18.4. The highest BCUT2D eigenvalue weighted by atomic mass is 35.5. The fourth-order valence-corrected chi connectivity index (χ4v) is 2.67. The molecule has 0 aliphatic heterocycles. The Balaban J connectivity index is 1.81. The van der Waals surface area contributed by atoms with Crippen LogP contribution in [0.2, 0.25) is 5.02 Å². The topological polar surface area (TPSA) is 24.9 Å². The summed E-state index contributed by atoms with van der Waals surface area (Å²) in [5.41, 5.74) is 3.25. The zero-order chi connectivity index (χ0) is 14.7. The van der Waals surface area contributed by atoms with Crippen molar-refractivity contribution >= 4 is 28.2 Å². The van der Waals surface area contributed by atoms with E-state index < -0.39 is 0 Å². The van der Waals surface area contributed by atoms with Crippen molar-refractivity contribution in [2.45, 2.75) is 12.8 Å². The average molecular weight is 297 g/mol. The molecular weight excluding hydrogens is 280 g/mol. The summed E-state index contributed by atoms with van der Waals surface area (Å²) in [6.45, 7) is 3.09. The van der Waals surface area contributed by atoms with Crippen molar-refractivity contribution in [1.29, 1.82) is 0 Å². The van der Waals surface area contributed by atoms with Gasteiger partial charge in [0.2, 0.25) is 0 Å². The third-order valence-electron chi connectivity index (χ3n) is 3.69. The molecule has 0 bridgehead atoms. The second kappa shape index (κ2) is 6.15. The molecule has 0 aliphatic carbocycles. The minimum absolute atomic E-state index is 0.439. The van der Waals surface area contributed by atoms with Gasteiger partial charge in [0.25, 0.3) is 0 Å². The van der Waals surface area contributed by atoms with E-state index in [2.05, 4.69) is 41.5 Å². The first-order chi connectivity index (χ1) is 10.3. The molecule has 0 radical (unpaired) electrons. The summed E-state index contributed by atoms with van der Waals surface area (Å²) in [5.74, 6) is 0.439. The van der Waals surface area contributed by atoms with E-state index in [9.17, 15) is 0 Å². The van der Waals surface area contributed by atoms with Gasteiger partial charge in [0.15, 0.2) is 0 Å². The predicted octanol–water partition coefficient (Wildman–Crippen LogP) is 5.10. The minimum atomic E-state index is 0.439. The van der Waals surface area contributed by atoms with Gasteiger partial charge >= 0.3 is 0 Å². The summed E-state index contributed by atoms with van der Waals surface area (Å²) in [6.07, 6.45) is 1.77. The number of benzene rings is 2. The molecule has 1 unspecified atom stereocenters. The second-order valence-electron chi connectivity index (χ2n) is 5.19. The maximum atomic E-state index is 6.20. The summed E-state index contributed by atoms with van der Waals surface area (Å²) < 4.78 is 0. The third kappa shape index (κ3) is 3.01. The number of nitrogens with zero attached hydrogens (tertiary/aromatic N) is 1. The molecule has 3 aromatic rings. The van der Waals surface area contributed by atoms with Gasteiger partial charge in [-0.15, -0.1) is 0 Å². The molecule has 0 amide bonds. The van der Waals surface area contributed by atoms with Gasteiger partial charge in [-0.25, -0.2) is 0 Å². The van der Waals surface area contributed by atoms with Crippen molar-refractivity contribution in [3.05, 3.63) is 71.4 Å². The van der Waals surface area contributed by atoms with Gasteiger partial charge in [0.05, 0.1) is 10.5 Å². The van der Waals surface area contributed by atoms with Crippen molar-refractivity contribution in [2.75, 3.05) is 11.9 Å². The van der Waals surface area contributed by atoms with E-state index in [1.54, 1.807) is 6.20 Å². The molecule has 0 aliphatic rings. The van der Waals surface area contributed by atoms with Gasteiger partial charge < -0.3 is 5.32 Å². The van der Waals surface area contributed by atoms with Crippen molar-refractivity contribution in [1.82, 2.24) is 4.98 Å². The zero-order valence-corrected chi connectivity index (χ0v) is 12.6.